The van der Waals surface area contributed by atoms with E-state index in [1.165, 1.54) is 44.1 Å². The maximum absolute atomic E-state index is 9.13. The first-order valence-electron chi connectivity index (χ1n) is 6.11. The fourth-order valence-electron chi connectivity index (χ4n) is 1.77. The Bertz CT molecular complexity index is 265. The van der Waals surface area contributed by atoms with E-state index >= 15 is 0 Å². The van der Waals surface area contributed by atoms with Crippen molar-refractivity contribution in [2.75, 3.05) is 0 Å². The van der Waals surface area contributed by atoms with Crippen LogP contribution >= 0.6 is 0 Å². The third kappa shape index (κ3) is 7.54. The normalized spacial score (nSPS) is 9.81. The smallest absolute Gasteiger partial charge is 1.00 e. The summed E-state index contributed by atoms with van der Waals surface area (Å²) in [6.07, 6.45) is 9.19. The van der Waals surface area contributed by atoms with Crippen LogP contribution in [0.2, 0.25) is 0 Å². The van der Waals surface area contributed by atoms with Gasteiger partial charge in [0.1, 0.15) is 5.75 Å². The molecular weight excluding hydrogens is 224 g/mol. The molecule has 0 aliphatic heterocycles. The van der Waals surface area contributed by atoms with E-state index in [-0.39, 0.29) is 40.6 Å². The summed E-state index contributed by atoms with van der Waals surface area (Å²) in [7, 11) is 0. The van der Waals surface area contributed by atoms with Crippen molar-refractivity contribution in [3.63, 3.8) is 0 Å². The number of benzene rings is 1. The number of hydrogen-bond donors (Lipinski definition) is 1. The molecule has 0 heterocycles. The molecule has 1 N–H and O–H groups in total. The summed E-state index contributed by atoms with van der Waals surface area (Å²) in [5, 5.41) is 9.13. The Kier molecular flexibility index (Phi) is 10.6. The Labute approximate surface area is 132 Å². The first-order valence-corrected chi connectivity index (χ1v) is 6.11. The van der Waals surface area contributed by atoms with Crippen molar-refractivity contribution < 1.29 is 7.96 Å². The molecule has 0 spiro atoms. The predicted molar refractivity (Wildman–Crippen MR) is 73.2 cm³/mol. The third-order valence-electron chi connectivity index (χ3n) is 2.76. The molecule has 0 bridgehead atoms. The number of rotatable bonds is 7. The van der Waals surface area contributed by atoms with Gasteiger partial charge in [-0.25, -0.2) is 0 Å². The summed E-state index contributed by atoms with van der Waals surface area (Å²) in [6, 6.07) is 7.57. The van der Waals surface area contributed by atoms with Crippen molar-refractivity contribution in [1.29, 1.82) is 0 Å². The second kappa shape index (κ2) is 10.4. The van der Waals surface area contributed by atoms with Gasteiger partial charge in [-0.1, -0.05) is 51.2 Å². The summed E-state index contributed by atoms with van der Waals surface area (Å²) in [4.78, 5) is 0. The second-order valence-electron chi connectivity index (χ2n) is 4.18. The Morgan fingerprint density at radius 2 is 1.50 bits per heavy atom. The fraction of sp³-hybridized carbons (Fsp3) is 0.571. The largest absolute Gasteiger partial charge is 2.00 e. The Balaban J connectivity index is -0.000000750. The van der Waals surface area contributed by atoms with Crippen LogP contribution in [-0.4, -0.2) is 42.8 Å². The minimum atomic E-state index is 0. The molecule has 0 amide bonds. The van der Waals surface area contributed by atoms with Gasteiger partial charge in [0, 0.05) is 0 Å². The van der Waals surface area contributed by atoms with Crippen LogP contribution in [0, 0.1) is 0 Å². The van der Waals surface area contributed by atoms with Crippen molar-refractivity contribution >= 4 is 37.7 Å². The number of phenols is 1. The summed E-state index contributed by atoms with van der Waals surface area (Å²) < 4.78 is 0. The van der Waals surface area contributed by atoms with Gasteiger partial charge in [0.25, 0.3) is 0 Å². The molecule has 0 aliphatic carbocycles. The molecule has 1 aromatic carbocycles. The molecule has 0 unspecified atom stereocenters. The van der Waals surface area contributed by atoms with E-state index in [1.54, 1.807) is 12.1 Å². The first-order chi connectivity index (χ1) is 7.33. The molecule has 0 aromatic heterocycles. The van der Waals surface area contributed by atoms with Crippen LogP contribution in [0.3, 0.4) is 0 Å². The number of hydrogen-bond acceptors (Lipinski definition) is 1. The molecular formula is C14H24CaO. The van der Waals surface area contributed by atoms with Crippen molar-refractivity contribution in [2.24, 2.45) is 0 Å². The van der Waals surface area contributed by atoms with E-state index in [4.69, 9.17) is 5.11 Å². The van der Waals surface area contributed by atoms with Gasteiger partial charge in [0.2, 0.25) is 0 Å². The molecule has 0 radical (unpaired) electrons. The van der Waals surface area contributed by atoms with Gasteiger partial charge in [0.15, 0.2) is 0 Å². The molecule has 0 saturated heterocycles. The van der Waals surface area contributed by atoms with Gasteiger partial charge < -0.3 is 7.96 Å². The minimum Gasteiger partial charge on any atom is -1.00 e. The standard InChI is InChI=1S/C14H22O.Ca.2H/c1-2-3-4-5-6-7-8-13-9-11-14(15)12-10-13;;;/h9-12,15H,2-8H2,1H3;;;/q;+2;2*-1. The summed E-state index contributed by atoms with van der Waals surface area (Å²) >= 11 is 0. The molecule has 0 fully saturated rings. The maximum atomic E-state index is 9.13. The van der Waals surface area contributed by atoms with Gasteiger partial charge in [-0.15, -0.1) is 0 Å². The van der Waals surface area contributed by atoms with Crippen LogP contribution in [0.25, 0.3) is 0 Å². The zero-order valence-corrected chi connectivity index (χ0v) is 12.6. The summed E-state index contributed by atoms with van der Waals surface area (Å²) in [5.74, 6) is 0.363. The topological polar surface area (TPSA) is 20.2 Å². The van der Waals surface area contributed by atoms with Crippen molar-refractivity contribution in [3.05, 3.63) is 29.8 Å². The minimum absolute atomic E-state index is 0. The maximum Gasteiger partial charge on any atom is 2.00 e. The van der Waals surface area contributed by atoms with E-state index in [0.717, 1.165) is 6.42 Å². The molecule has 88 valence electrons. The van der Waals surface area contributed by atoms with Crippen LogP contribution in [0.1, 0.15) is 53.9 Å². The monoisotopic (exact) mass is 248 g/mol. The van der Waals surface area contributed by atoms with Crippen molar-refractivity contribution in [3.8, 4) is 5.75 Å². The molecule has 0 aliphatic rings. The van der Waals surface area contributed by atoms with Crippen LogP contribution in [0.4, 0.5) is 0 Å². The van der Waals surface area contributed by atoms with Crippen LogP contribution in [0.15, 0.2) is 24.3 Å². The van der Waals surface area contributed by atoms with E-state index < -0.39 is 0 Å². The molecule has 0 saturated carbocycles. The van der Waals surface area contributed by atoms with Crippen molar-refractivity contribution in [2.45, 2.75) is 51.9 Å². The molecule has 2 heteroatoms. The van der Waals surface area contributed by atoms with E-state index in [1.807, 2.05) is 12.1 Å². The van der Waals surface area contributed by atoms with Crippen LogP contribution in [0.5, 0.6) is 5.75 Å². The Morgan fingerprint density at radius 3 is 2.12 bits per heavy atom. The predicted octanol–water partition coefficient (Wildman–Crippen LogP) is 4.14. The third-order valence-corrected chi connectivity index (χ3v) is 2.76. The summed E-state index contributed by atoms with van der Waals surface area (Å²) in [5.41, 5.74) is 1.34. The number of aromatic hydroxyl groups is 1. The number of phenolic OH excluding ortho intramolecular Hbond substituents is 1. The zero-order chi connectivity index (χ0) is 10.9. The van der Waals surface area contributed by atoms with E-state index in [0.29, 0.717) is 5.75 Å². The molecule has 16 heavy (non-hydrogen) atoms. The van der Waals surface area contributed by atoms with Gasteiger partial charge >= 0.3 is 37.7 Å². The van der Waals surface area contributed by atoms with Crippen LogP contribution < -0.4 is 0 Å². The molecule has 1 aromatic rings. The molecule has 1 rings (SSSR count). The summed E-state index contributed by atoms with van der Waals surface area (Å²) in [6.45, 7) is 2.25. The first kappa shape index (κ1) is 16.3. The Hall–Kier alpha value is 0.280. The number of aryl methyl sites for hydroxylation is 1. The van der Waals surface area contributed by atoms with Gasteiger partial charge in [-0.3, -0.25) is 0 Å². The van der Waals surface area contributed by atoms with E-state index in [2.05, 4.69) is 6.92 Å². The average Bonchev–Trinajstić information content (AvgIpc) is 2.26. The van der Waals surface area contributed by atoms with Crippen LogP contribution in [-0.2, 0) is 6.42 Å². The number of unbranched alkanes of at least 4 members (excludes halogenated alkanes) is 5. The zero-order valence-electron chi connectivity index (χ0n) is 12.4. The van der Waals surface area contributed by atoms with Gasteiger partial charge in [-0.2, -0.15) is 0 Å². The average molecular weight is 248 g/mol. The SMILES string of the molecule is CCCCCCCCc1ccc(O)cc1.[Ca+2].[H-].[H-]. The van der Waals surface area contributed by atoms with Gasteiger partial charge in [0.05, 0.1) is 0 Å². The fourth-order valence-corrected chi connectivity index (χ4v) is 1.77. The van der Waals surface area contributed by atoms with E-state index in [9.17, 15) is 0 Å². The Morgan fingerprint density at radius 1 is 0.938 bits per heavy atom. The molecule has 1 nitrogen and oxygen atoms in total. The molecule has 0 atom stereocenters. The van der Waals surface area contributed by atoms with Gasteiger partial charge in [-0.05, 0) is 30.5 Å². The quantitative estimate of drug-likeness (QED) is 0.568. The second-order valence-corrected chi connectivity index (χ2v) is 4.18. The van der Waals surface area contributed by atoms with Crippen molar-refractivity contribution in [1.82, 2.24) is 0 Å².